The maximum absolute atomic E-state index is 5.82. The lowest BCUT2D eigenvalue weighted by Gasteiger charge is -2.33. The minimum Gasteiger partial charge on any atom is -0.462 e. The van der Waals surface area contributed by atoms with Crippen molar-refractivity contribution in [1.29, 1.82) is 0 Å². The Morgan fingerprint density at radius 3 is 2.80 bits per heavy atom. The predicted molar refractivity (Wildman–Crippen MR) is 66.3 cm³/mol. The highest BCUT2D eigenvalue weighted by Crippen LogP contribution is 2.37. The van der Waals surface area contributed by atoms with E-state index in [1.165, 1.54) is 0 Å². The molecule has 0 spiro atoms. The van der Waals surface area contributed by atoms with Gasteiger partial charge in [0, 0.05) is 34.8 Å². The topological polar surface area (TPSA) is 18.5 Å². The van der Waals surface area contributed by atoms with E-state index >= 15 is 0 Å². The molecule has 1 aromatic rings. The highest BCUT2D eigenvalue weighted by molar-refractivity contribution is 9.10. The van der Waals surface area contributed by atoms with E-state index < -0.39 is 5.79 Å². The molecule has 1 aliphatic heterocycles. The zero-order valence-corrected chi connectivity index (χ0v) is 11.8. The van der Waals surface area contributed by atoms with Crippen LogP contribution in [0.25, 0.3) is 0 Å². The third kappa shape index (κ3) is 2.37. The molecular weight excluding hydrogens is 324 g/mol. The van der Waals surface area contributed by atoms with E-state index in [9.17, 15) is 0 Å². The molecular formula is C11H12Br2O2. The quantitative estimate of drug-likeness (QED) is 0.722. The van der Waals surface area contributed by atoms with Crippen LogP contribution in [0.5, 0.6) is 5.75 Å². The van der Waals surface area contributed by atoms with Gasteiger partial charge in [0.05, 0.1) is 6.61 Å². The van der Waals surface area contributed by atoms with Crippen molar-refractivity contribution in [3.8, 4) is 5.75 Å². The average Bonchev–Trinajstić information content (AvgIpc) is 2.17. The van der Waals surface area contributed by atoms with E-state index in [1.807, 2.05) is 19.9 Å². The Kier molecular flexibility index (Phi) is 3.10. The van der Waals surface area contributed by atoms with Crippen molar-refractivity contribution in [3.05, 3.63) is 27.7 Å². The van der Waals surface area contributed by atoms with Crippen LogP contribution in [0, 0.1) is 0 Å². The molecule has 15 heavy (non-hydrogen) atoms. The molecule has 82 valence electrons. The largest absolute Gasteiger partial charge is 0.462 e. The summed E-state index contributed by atoms with van der Waals surface area (Å²) in [5, 5.41) is 0.783. The van der Waals surface area contributed by atoms with Crippen LogP contribution in [0.2, 0.25) is 0 Å². The Morgan fingerprint density at radius 1 is 1.40 bits per heavy atom. The number of rotatable bonds is 1. The lowest BCUT2D eigenvalue weighted by Crippen LogP contribution is -2.35. The molecule has 0 amide bonds. The molecule has 2 nitrogen and oxygen atoms in total. The first-order chi connectivity index (χ1) is 7.02. The van der Waals surface area contributed by atoms with Crippen molar-refractivity contribution in [3.63, 3.8) is 0 Å². The molecule has 0 unspecified atom stereocenters. The van der Waals surface area contributed by atoms with Gasteiger partial charge in [0.25, 0.3) is 0 Å². The first-order valence-corrected chi connectivity index (χ1v) is 6.63. The van der Waals surface area contributed by atoms with Crippen LogP contribution in [0.15, 0.2) is 16.6 Å². The summed E-state index contributed by atoms with van der Waals surface area (Å²) in [7, 11) is 0. The van der Waals surface area contributed by atoms with Crippen molar-refractivity contribution in [1.82, 2.24) is 0 Å². The molecule has 0 saturated carbocycles. The SMILES string of the molecule is CC1(C)OCc2cc(Br)cc(CBr)c2O1. The summed E-state index contributed by atoms with van der Waals surface area (Å²) in [5.41, 5.74) is 2.24. The van der Waals surface area contributed by atoms with Gasteiger partial charge in [-0.2, -0.15) is 0 Å². The summed E-state index contributed by atoms with van der Waals surface area (Å²) >= 11 is 6.95. The highest BCUT2D eigenvalue weighted by atomic mass is 79.9. The third-order valence-corrected chi connectivity index (χ3v) is 3.34. The van der Waals surface area contributed by atoms with Gasteiger partial charge in [-0.1, -0.05) is 31.9 Å². The summed E-state index contributed by atoms with van der Waals surface area (Å²) in [5.74, 6) is 0.420. The molecule has 2 rings (SSSR count). The van der Waals surface area contributed by atoms with Gasteiger partial charge in [-0.05, 0) is 12.1 Å². The first kappa shape index (κ1) is 11.4. The monoisotopic (exact) mass is 334 g/mol. The number of hydrogen-bond donors (Lipinski definition) is 0. The fourth-order valence-electron chi connectivity index (χ4n) is 1.58. The number of fused-ring (bicyclic) bond motifs is 1. The standard InChI is InChI=1S/C11H12Br2O2/c1-11(2)14-6-8-4-9(13)3-7(5-12)10(8)15-11/h3-4H,5-6H2,1-2H3. The normalized spacial score (nSPS) is 18.1. The van der Waals surface area contributed by atoms with E-state index in [2.05, 4.69) is 37.9 Å². The Labute approximate surface area is 106 Å². The number of alkyl halides is 1. The van der Waals surface area contributed by atoms with Crippen LogP contribution >= 0.6 is 31.9 Å². The minimum absolute atomic E-state index is 0.530. The number of halogens is 2. The van der Waals surface area contributed by atoms with Crippen LogP contribution in [0.1, 0.15) is 25.0 Å². The lowest BCUT2D eigenvalue weighted by molar-refractivity contribution is -0.180. The van der Waals surface area contributed by atoms with Gasteiger partial charge in [0.1, 0.15) is 5.75 Å². The molecule has 0 atom stereocenters. The van der Waals surface area contributed by atoms with Crippen molar-refractivity contribution >= 4 is 31.9 Å². The van der Waals surface area contributed by atoms with Gasteiger partial charge in [0.2, 0.25) is 5.79 Å². The van der Waals surface area contributed by atoms with Crippen molar-refractivity contribution in [2.24, 2.45) is 0 Å². The first-order valence-electron chi connectivity index (χ1n) is 4.72. The van der Waals surface area contributed by atoms with Crippen LogP contribution in [0.4, 0.5) is 0 Å². The summed E-state index contributed by atoms with van der Waals surface area (Å²) in [6.07, 6.45) is 0. The molecule has 1 heterocycles. The molecule has 0 N–H and O–H groups in total. The van der Waals surface area contributed by atoms with E-state index in [-0.39, 0.29) is 0 Å². The second-order valence-electron chi connectivity index (χ2n) is 3.98. The molecule has 0 radical (unpaired) electrons. The third-order valence-electron chi connectivity index (χ3n) is 2.27. The Bertz CT molecular complexity index is 371. The second-order valence-corrected chi connectivity index (χ2v) is 5.45. The van der Waals surface area contributed by atoms with Crippen LogP contribution in [0.3, 0.4) is 0 Å². The zero-order valence-electron chi connectivity index (χ0n) is 8.64. The van der Waals surface area contributed by atoms with Gasteiger partial charge in [-0.15, -0.1) is 0 Å². The Balaban J connectivity index is 2.48. The number of ether oxygens (including phenoxy) is 2. The molecule has 0 bridgehead atoms. The maximum atomic E-state index is 5.82. The number of hydrogen-bond acceptors (Lipinski definition) is 2. The predicted octanol–water partition coefficient (Wildman–Crippen LogP) is 3.99. The molecule has 1 aromatic carbocycles. The molecule has 0 aliphatic carbocycles. The summed E-state index contributed by atoms with van der Waals surface area (Å²) in [4.78, 5) is 0. The number of benzene rings is 1. The summed E-state index contributed by atoms with van der Waals surface area (Å²) in [6.45, 7) is 4.45. The average molecular weight is 336 g/mol. The Morgan fingerprint density at radius 2 is 2.13 bits per heavy atom. The minimum atomic E-state index is -0.530. The van der Waals surface area contributed by atoms with E-state index in [0.29, 0.717) is 6.61 Å². The van der Waals surface area contributed by atoms with Crippen molar-refractivity contribution in [2.75, 3.05) is 0 Å². The fraction of sp³-hybridized carbons (Fsp3) is 0.455. The second kappa shape index (κ2) is 4.07. The lowest BCUT2D eigenvalue weighted by atomic mass is 10.1. The van der Waals surface area contributed by atoms with Crippen LogP contribution in [-0.2, 0) is 16.7 Å². The van der Waals surface area contributed by atoms with E-state index in [1.54, 1.807) is 0 Å². The fourth-order valence-corrected chi connectivity index (χ4v) is 2.55. The molecule has 0 saturated heterocycles. The highest BCUT2D eigenvalue weighted by Gasteiger charge is 2.29. The molecule has 4 heteroatoms. The van der Waals surface area contributed by atoms with Crippen molar-refractivity contribution < 1.29 is 9.47 Å². The van der Waals surface area contributed by atoms with Gasteiger partial charge in [-0.3, -0.25) is 0 Å². The van der Waals surface area contributed by atoms with Gasteiger partial charge in [0.15, 0.2) is 0 Å². The van der Waals surface area contributed by atoms with Gasteiger partial charge in [-0.25, -0.2) is 0 Å². The van der Waals surface area contributed by atoms with Crippen LogP contribution in [-0.4, -0.2) is 5.79 Å². The zero-order chi connectivity index (χ0) is 11.1. The van der Waals surface area contributed by atoms with Gasteiger partial charge >= 0.3 is 0 Å². The van der Waals surface area contributed by atoms with E-state index in [4.69, 9.17) is 9.47 Å². The summed E-state index contributed by atoms with van der Waals surface area (Å²) < 4.78 is 12.5. The maximum Gasteiger partial charge on any atom is 0.205 e. The van der Waals surface area contributed by atoms with Crippen LogP contribution < -0.4 is 4.74 Å². The van der Waals surface area contributed by atoms with E-state index in [0.717, 1.165) is 26.7 Å². The van der Waals surface area contributed by atoms with Crippen molar-refractivity contribution in [2.45, 2.75) is 31.6 Å². The molecule has 1 aliphatic rings. The molecule has 0 fully saturated rings. The smallest absolute Gasteiger partial charge is 0.205 e. The molecule has 0 aromatic heterocycles. The summed E-state index contributed by atoms with van der Waals surface area (Å²) in [6, 6.07) is 4.10. The van der Waals surface area contributed by atoms with Gasteiger partial charge < -0.3 is 9.47 Å². The Hall–Kier alpha value is -0.0600.